The first-order chi connectivity index (χ1) is 21.4. The highest BCUT2D eigenvalue weighted by atomic mass is 16.5. The normalized spacial score (nSPS) is 19.3. The summed E-state index contributed by atoms with van der Waals surface area (Å²) in [5.74, 6) is 0.145. The molecule has 3 aromatic carbocycles. The molecule has 3 aromatic rings. The number of carbonyl (C=O) groups is 2. The van der Waals surface area contributed by atoms with Crippen molar-refractivity contribution in [3.05, 3.63) is 83.4 Å². The molecule has 0 saturated carbocycles. The number of methoxy groups -OCH3 is 1. The van der Waals surface area contributed by atoms with E-state index >= 15 is 0 Å². The minimum Gasteiger partial charge on any atom is -0.493 e. The second-order valence-electron chi connectivity index (χ2n) is 11.5. The van der Waals surface area contributed by atoms with E-state index in [1.165, 1.54) is 0 Å². The molecule has 3 N–H and O–H groups in total. The molecule has 2 heterocycles. The van der Waals surface area contributed by atoms with Crippen molar-refractivity contribution in [1.29, 1.82) is 0 Å². The van der Waals surface area contributed by atoms with E-state index in [2.05, 4.69) is 13.0 Å². The molecule has 1 unspecified atom stereocenters. The molecule has 234 valence electrons. The lowest BCUT2D eigenvalue weighted by Crippen LogP contribution is -2.45. The van der Waals surface area contributed by atoms with Gasteiger partial charge in [0.15, 0.2) is 11.5 Å². The molecule has 9 nitrogen and oxygen atoms in total. The fraction of sp³-hybridized carbons (Fsp3) is 0.429. The fourth-order valence-corrected chi connectivity index (χ4v) is 6.48. The van der Waals surface area contributed by atoms with Gasteiger partial charge in [0.1, 0.15) is 5.75 Å². The molecule has 0 radical (unpaired) electrons. The molecule has 0 spiro atoms. The molecule has 2 aliphatic heterocycles. The highest BCUT2D eigenvalue weighted by molar-refractivity contribution is 5.95. The Morgan fingerprint density at radius 2 is 1.91 bits per heavy atom. The first-order valence-electron chi connectivity index (χ1n) is 15.5. The molecule has 1 amide bonds. The average molecular weight is 602 g/mol. The van der Waals surface area contributed by atoms with Gasteiger partial charge in [0.25, 0.3) is 0 Å². The Labute approximate surface area is 259 Å². The smallest absolute Gasteiger partial charge is 0.308 e. The molecule has 1 saturated heterocycles. The number of unbranched alkanes of at least 4 members (excludes halogenated alkanes) is 1. The van der Waals surface area contributed by atoms with Crippen LogP contribution in [-0.2, 0) is 22.6 Å². The van der Waals surface area contributed by atoms with Crippen molar-refractivity contribution in [1.82, 2.24) is 4.90 Å². The largest absolute Gasteiger partial charge is 0.493 e. The van der Waals surface area contributed by atoms with Crippen LogP contribution < -0.4 is 24.8 Å². The van der Waals surface area contributed by atoms with E-state index in [1.807, 2.05) is 70.5 Å². The summed E-state index contributed by atoms with van der Waals surface area (Å²) in [5, 5.41) is 10.6. The summed E-state index contributed by atoms with van der Waals surface area (Å²) >= 11 is 0. The fourth-order valence-electron chi connectivity index (χ4n) is 6.48. The predicted molar refractivity (Wildman–Crippen MR) is 170 cm³/mol. The van der Waals surface area contributed by atoms with Gasteiger partial charge >= 0.3 is 5.97 Å². The number of ether oxygens (including phenoxy) is 3. The third kappa shape index (κ3) is 7.00. The van der Waals surface area contributed by atoms with Gasteiger partial charge in [-0.1, -0.05) is 49.7 Å². The van der Waals surface area contributed by atoms with Crippen LogP contribution in [0.1, 0.15) is 48.8 Å². The van der Waals surface area contributed by atoms with Crippen LogP contribution >= 0.6 is 0 Å². The second-order valence-corrected chi connectivity index (χ2v) is 11.5. The summed E-state index contributed by atoms with van der Waals surface area (Å²) in [6.07, 6.45) is 3.04. The maximum Gasteiger partial charge on any atom is 0.308 e. The zero-order chi connectivity index (χ0) is 31.1. The molecule has 9 heteroatoms. The Balaban J connectivity index is 1.42. The van der Waals surface area contributed by atoms with Gasteiger partial charge in [0.05, 0.1) is 32.8 Å². The molecular formula is C35H43N3O6. The Morgan fingerprint density at radius 3 is 2.66 bits per heavy atom. The number of hydrogen-bond acceptors (Lipinski definition) is 7. The zero-order valence-electron chi connectivity index (χ0n) is 25.6. The van der Waals surface area contributed by atoms with Crippen LogP contribution in [0.2, 0.25) is 0 Å². The molecule has 1 fully saturated rings. The van der Waals surface area contributed by atoms with Crippen molar-refractivity contribution >= 4 is 17.6 Å². The lowest BCUT2D eigenvalue weighted by molar-refractivity contribution is -0.143. The third-order valence-corrected chi connectivity index (χ3v) is 8.75. The summed E-state index contributed by atoms with van der Waals surface area (Å²) in [4.78, 5) is 30.9. The van der Waals surface area contributed by atoms with Crippen LogP contribution in [0.15, 0.2) is 66.7 Å². The minimum atomic E-state index is -0.873. The Hall–Kier alpha value is -4.08. The van der Waals surface area contributed by atoms with E-state index in [0.717, 1.165) is 47.4 Å². The number of carboxylic acid groups (broad SMARTS) is 1. The molecule has 0 aliphatic carbocycles. The van der Waals surface area contributed by atoms with Crippen LogP contribution in [0, 0.1) is 5.92 Å². The van der Waals surface area contributed by atoms with Crippen LogP contribution in [-0.4, -0.2) is 67.9 Å². The van der Waals surface area contributed by atoms with E-state index in [0.29, 0.717) is 44.2 Å². The maximum atomic E-state index is 14.0. The van der Waals surface area contributed by atoms with E-state index in [-0.39, 0.29) is 25.0 Å². The summed E-state index contributed by atoms with van der Waals surface area (Å²) < 4.78 is 17.2. The van der Waals surface area contributed by atoms with Gasteiger partial charge in [-0.05, 0) is 59.9 Å². The number of aliphatic carboxylic acids is 1. The van der Waals surface area contributed by atoms with Gasteiger partial charge in [0.2, 0.25) is 5.91 Å². The van der Waals surface area contributed by atoms with E-state index in [4.69, 9.17) is 19.9 Å². The number of carbonyl (C=O) groups excluding carboxylic acids is 1. The molecule has 44 heavy (non-hydrogen) atoms. The highest BCUT2D eigenvalue weighted by Crippen LogP contribution is 2.41. The number of fused-ring (bicyclic) bond motifs is 1. The summed E-state index contributed by atoms with van der Waals surface area (Å²) in [6.45, 7) is 4.53. The Kier molecular flexibility index (Phi) is 10.4. The maximum absolute atomic E-state index is 14.0. The van der Waals surface area contributed by atoms with Gasteiger partial charge in [-0.25, -0.2) is 0 Å². The molecular weight excluding hydrogens is 558 g/mol. The van der Waals surface area contributed by atoms with Crippen molar-refractivity contribution in [3.63, 3.8) is 0 Å². The minimum absolute atomic E-state index is 0.0598. The molecule has 0 bridgehead atoms. The lowest BCUT2D eigenvalue weighted by atomic mass is 9.83. The number of anilines is 1. The molecule has 5 rings (SSSR count). The van der Waals surface area contributed by atoms with E-state index < -0.39 is 17.9 Å². The summed E-state index contributed by atoms with van der Waals surface area (Å²) in [7, 11) is 1.59. The molecule has 2 aliphatic rings. The highest BCUT2D eigenvalue weighted by Gasteiger charge is 2.47. The molecule has 0 aromatic heterocycles. The summed E-state index contributed by atoms with van der Waals surface area (Å²) in [6, 6.07) is 20.8. The van der Waals surface area contributed by atoms with Gasteiger partial charge in [-0.15, -0.1) is 0 Å². The van der Waals surface area contributed by atoms with Crippen molar-refractivity contribution in [2.45, 2.75) is 51.1 Å². The second kappa shape index (κ2) is 14.6. The number of para-hydroxylation sites is 2. The number of hydrogen-bond donors (Lipinski definition) is 2. The number of benzene rings is 3. The standard InChI is InChI=1S/C35H43N3O6/c1-3-4-16-38(27-9-7-8-24(19-27)21-36)33(39)23-37-22-28(25-12-13-30-26(20-25)14-17-43-30)34(35(40)41)29(37)15-18-44-32-11-6-5-10-31(32)42-2/h5-13,19-20,28-29,34H,3-4,14-18,21-23,36H2,1-2H3,(H,40,41)/t28-,29+,34?/m1/s1. The van der Waals surface area contributed by atoms with Crippen molar-refractivity contribution in [2.75, 3.05) is 44.9 Å². The van der Waals surface area contributed by atoms with Crippen molar-refractivity contribution in [2.24, 2.45) is 11.7 Å². The number of amides is 1. The van der Waals surface area contributed by atoms with Gasteiger partial charge in [-0.2, -0.15) is 0 Å². The third-order valence-electron chi connectivity index (χ3n) is 8.75. The Bertz CT molecular complexity index is 1450. The topological polar surface area (TPSA) is 115 Å². The first kappa shape index (κ1) is 31.3. The number of likely N-dealkylation sites (tertiary alicyclic amines) is 1. The number of carboxylic acids is 1. The quantitative estimate of drug-likeness (QED) is 0.269. The summed E-state index contributed by atoms with van der Waals surface area (Å²) in [5.41, 5.74) is 9.73. The monoisotopic (exact) mass is 601 g/mol. The zero-order valence-corrected chi connectivity index (χ0v) is 25.6. The van der Waals surface area contributed by atoms with Crippen LogP contribution in [0.25, 0.3) is 0 Å². The number of rotatable bonds is 14. The number of nitrogens with two attached hydrogens (primary N) is 1. The lowest BCUT2D eigenvalue weighted by Gasteiger charge is -2.30. The van der Waals surface area contributed by atoms with Crippen molar-refractivity contribution < 1.29 is 28.9 Å². The number of nitrogens with zero attached hydrogens (tertiary/aromatic N) is 2. The van der Waals surface area contributed by atoms with Crippen LogP contribution in [0.3, 0.4) is 0 Å². The van der Waals surface area contributed by atoms with E-state index in [9.17, 15) is 14.7 Å². The van der Waals surface area contributed by atoms with Gasteiger partial charge < -0.3 is 30.0 Å². The average Bonchev–Trinajstić information content (AvgIpc) is 3.66. The molecule has 3 atom stereocenters. The Morgan fingerprint density at radius 1 is 1.09 bits per heavy atom. The van der Waals surface area contributed by atoms with E-state index in [1.54, 1.807) is 7.11 Å². The first-order valence-corrected chi connectivity index (χ1v) is 15.5. The van der Waals surface area contributed by atoms with Crippen LogP contribution in [0.5, 0.6) is 17.2 Å². The van der Waals surface area contributed by atoms with Crippen LogP contribution in [0.4, 0.5) is 5.69 Å². The van der Waals surface area contributed by atoms with Gasteiger partial charge in [0, 0.05) is 43.7 Å². The SMILES string of the molecule is CCCCN(C(=O)CN1C[C@H](c2ccc3c(c2)CCO3)C(C(=O)O)[C@@H]1CCOc1ccccc1OC)c1cccc(CN)c1. The van der Waals surface area contributed by atoms with Crippen molar-refractivity contribution in [3.8, 4) is 17.2 Å². The van der Waals surface area contributed by atoms with Gasteiger partial charge in [-0.3, -0.25) is 14.5 Å². The predicted octanol–water partition coefficient (Wildman–Crippen LogP) is 4.86.